The number of nitrogens with one attached hydrogen (secondary N) is 2. The van der Waals surface area contributed by atoms with E-state index >= 15 is 0 Å². The number of imidazole rings is 1. The molecule has 4 heterocycles. The number of fused-ring (bicyclic) bond motifs is 1. The molecule has 1 aromatic heterocycles. The van der Waals surface area contributed by atoms with Crippen molar-refractivity contribution < 1.29 is 4.79 Å². The fourth-order valence-electron chi connectivity index (χ4n) is 5.80. The quantitative estimate of drug-likeness (QED) is 0.789. The molecule has 2 N–H and O–H groups in total. The molecule has 2 aromatic rings. The lowest BCUT2D eigenvalue weighted by Gasteiger charge is -2.35. The van der Waals surface area contributed by atoms with Crippen molar-refractivity contribution in [3.8, 4) is 0 Å². The Balaban J connectivity index is 1.32. The van der Waals surface area contributed by atoms with Crippen LogP contribution in [-0.2, 0) is 11.8 Å². The average molecular weight is 426 g/mol. The first-order valence-corrected chi connectivity index (χ1v) is 12.0. The summed E-state index contributed by atoms with van der Waals surface area (Å²) in [6, 6.07) is 6.81. The van der Waals surface area contributed by atoms with Gasteiger partial charge in [0.15, 0.2) is 0 Å². The Morgan fingerprint density at radius 2 is 1.74 bits per heavy atom. The molecule has 0 bridgehead atoms. The number of nitrogens with zero attached hydrogens (tertiary/aromatic N) is 3. The van der Waals surface area contributed by atoms with Crippen molar-refractivity contribution in [2.24, 2.45) is 13.0 Å². The first-order chi connectivity index (χ1) is 15.1. The van der Waals surface area contributed by atoms with Gasteiger partial charge in [-0.1, -0.05) is 6.07 Å². The van der Waals surface area contributed by atoms with Crippen LogP contribution in [0.15, 0.2) is 23.0 Å². The number of aryl methyl sites for hydroxylation is 1. The Hall–Kier alpha value is -2.12. The monoisotopic (exact) mass is 425 g/mol. The summed E-state index contributed by atoms with van der Waals surface area (Å²) < 4.78 is 3.80. The number of rotatable bonds is 3. The van der Waals surface area contributed by atoms with E-state index in [4.69, 9.17) is 0 Å². The maximum absolute atomic E-state index is 13.0. The van der Waals surface area contributed by atoms with Crippen LogP contribution in [0.25, 0.3) is 11.0 Å². The molecule has 3 saturated heterocycles. The fraction of sp³-hybridized carbons (Fsp3) is 0.667. The summed E-state index contributed by atoms with van der Waals surface area (Å²) >= 11 is 0. The summed E-state index contributed by atoms with van der Waals surface area (Å²) in [6.45, 7) is 5.52. The van der Waals surface area contributed by atoms with Gasteiger partial charge in [0.25, 0.3) is 0 Å². The molecule has 0 radical (unpaired) electrons. The van der Waals surface area contributed by atoms with Crippen LogP contribution in [0, 0.1) is 5.92 Å². The van der Waals surface area contributed by atoms with Crippen LogP contribution in [0.1, 0.15) is 56.0 Å². The molecule has 1 unspecified atom stereocenters. The molecule has 3 aliphatic heterocycles. The van der Waals surface area contributed by atoms with Gasteiger partial charge < -0.3 is 15.5 Å². The predicted molar refractivity (Wildman–Crippen MR) is 122 cm³/mol. The summed E-state index contributed by atoms with van der Waals surface area (Å²) in [4.78, 5) is 27.9. The highest BCUT2D eigenvalue weighted by molar-refractivity contribution is 5.79. The summed E-state index contributed by atoms with van der Waals surface area (Å²) in [5.74, 6) is 1.02. The maximum atomic E-state index is 13.0. The van der Waals surface area contributed by atoms with Crippen molar-refractivity contribution in [3.63, 3.8) is 0 Å². The molecule has 0 aliphatic carbocycles. The van der Waals surface area contributed by atoms with Crippen LogP contribution in [0.2, 0.25) is 0 Å². The predicted octanol–water partition coefficient (Wildman–Crippen LogP) is 1.97. The zero-order valence-corrected chi connectivity index (χ0v) is 18.6. The normalized spacial score (nSPS) is 24.0. The molecular weight excluding hydrogens is 390 g/mol. The minimum atomic E-state index is 0.0863. The van der Waals surface area contributed by atoms with Gasteiger partial charge in [0.2, 0.25) is 5.91 Å². The van der Waals surface area contributed by atoms with Crippen LogP contribution < -0.4 is 16.3 Å². The van der Waals surface area contributed by atoms with E-state index in [0.29, 0.717) is 11.8 Å². The Labute approximate surface area is 183 Å². The highest BCUT2D eigenvalue weighted by Crippen LogP contribution is 2.32. The second-order valence-corrected chi connectivity index (χ2v) is 9.58. The van der Waals surface area contributed by atoms with E-state index in [9.17, 15) is 9.59 Å². The summed E-state index contributed by atoms with van der Waals surface area (Å²) in [7, 11) is 1.89. The minimum Gasteiger partial charge on any atom is -0.342 e. The van der Waals surface area contributed by atoms with E-state index in [1.807, 2.05) is 16.2 Å². The van der Waals surface area contributed by atoms with Crippen LogP contribution >= 0.6 is 0 Å². The Kier molecular flexibility index (Phi) is 5.89. The molecule has 1 atom stereocenters. The molecular formula is C24H35N5O2. The van der Waals surface area contributed by atoms with Crippen molar-refractivity contribution in [3.05, 3.63) is 34.2 Å². The minimum absolute atomic E-state index is 0.0863. The van der Waals surface area contributed by atoms with E-state index in [1.165, 1.54) is 5.56 Å². The topological polar surface area (TPSA) is 71.3 Å². The number of hydrogen-bond donors (Lipinski definition) is 2. The number of piperidine rings is 3. The number of aromatic nitrogens is 2. The maximum Gasteiger partial charge on any atom is 0.329 e. The zero-order chi connectivity index (χ0) is 21.4. The lowest BCUT2D eigenvalue weighted by atomic mass is 9.88. The number of benzene rings is 1. The summed E-state index contributed by atoms with van der Waals surface area (Å²) in [5, 5.41) is 6.78. The number of carbonyl (C=O) groups is 1. The zero-order valence-electron chi connectivity index (χ0n) is 18.6. The van der Waals surface area contributed by atoms with Gasteiger partial charge in [-0.15, -0.1) is 0 Å². The number of carbonyl (C=O) groups excluding carboxylic acids is 1. The van der Waals surface area contributed by atoms with Gasteiger partial charge in [-0.25, -0.2) is 4.79 Å². The highest BCUT2D eigenvalue weighted by Gasteiger charge is 2.30. The number of likely N-dealkylation sites (tertiary alicyclic amines) is 1. The molecule has 7 heteroatoms. The van der Waals surface area contributed by atoms with Crippen molar-refractivity contribution in [2.75, 3.05) is 39.3 Å². The molecule has 7 nitrogen and oxygen atoms in total. The fourth-order valence-corrected chi connectivity index (χ4v) is 5.80. The van der Waals surface area contributed by atoms with Crippen LogP contribution in [0.5, 0.6) is 0 Å². The first-order valence-electron chi connectivity index (χ1n) is 12.0. The third-order valence-corrected chi connectivity index (χ3v) is 7.72. The van der Waals surface area contributed by atoms with E-state index in [1.54, 1.807) is 0 Å². The Bertz CT molecular complexity index is 989. The van der Waals surface area contributed by atoms with Gasteiger partial charge in [-0.05, 0) is 81.8 Å². The molecule has 31 heavy (non-hydrogen) atoms. The highest BCUT2D eigenvalue weighted by atomic mass is 16.2. The average Bonchev–Trinajstić information content (AvgIpc) is 3.09. The SMILES string of the molecule is Cn1c(=O)n(C2CCCNC2)c2ccc(C3CCN(C(=O)C4CCNCC4)CC3)cc21. The van der Waals surface area contributed by atoms with Gasteiger partial charge in [0.05, 0.1) is 17.1 Å². The summed E-state index contributed by atoms with van der Waals surface area (Å²) in [6.07, 6.45) is 6.11. The van der Waals surface area contributed by atoms with Crippen molar-refractivity contribution in [2.45, 2.75) is 50.5 Å². The Morgan fingerprint density at radius 3 is 2.45 bits per heavy atom. The number of hydrogen-bond acceptors (Lipinski definition) is 4. The van der Waals surface area contributed by atoms with Crippen molar-refractivity contribution in [1.82, 2.24) is 24.7 Å². The standard InChI is InChI=1S/C24H35N5O2/c1-27-22-15-19(4-5-21(22)29(24(27)31)20-3-2-10-26-16-20)17-8-13-28(14-9-17)23(30)18-6-11-25-12-7-18/h4-5,15,17-18,20,25-26H,2-3,6-14,16H2,1H3. The van der Waals surface area contributed by atoms with Crippen molar-refractivity contribution in [1.29, 1.82) is 0 Å². The van der Waals surface area contributed by atoms with Gasteiger partial charge >= 0.3 is 5.69 Å². The van der Waals surface area contributed by atoms with E-state index in [2.05, 4.69) is 33.7 Å². The van der Waals surface area contributed by atoms with E-state index in [-0.39, 0.29) is 17.6 Å². The molecule has 0 saturated carbocycles. The number of amides is 1. The third-order valence-electron chi connectivity index (χ3n) is 7.72. The van der Waals surface area contributed by atoms with Crippen molar-refractivity contribution >= 4 is 16.9 Å². The lowest BCUT2D eigenvalue weighted by Crippen LogP contribution is -2.44. The second-order valence-electron chi connectivity index (χ2n) is 9.58. The van der Waals surface area contributed by atoms with Crippen LogP contribution in [0.4, 0.5) is 0 Å². The first kappa shape index (κ1) is 20.8. The molecule has 0 spiro atoms. The molecule has 1 aromatic carbocycles. The van der Waals surface area contributed by atoms with Crippen LogP contribution in [0.3, 0.4) is 0 Å². The van der Waals surface area contributed by atoms with Crippen LogP contribution in [-0.4, -0.2) is 59.2 Å². The van der Waals surface area contributed by atoms with Gasteiger partial charge in [-0.2, -0.15) is 0 Å². The lowest BCUT2D eigenvalue weighted by molar-refractivity contribution is -0.137. The third kappa shape index (κ3) is 3.94. The van der Waals surface area contributed by atoms with Gasteiger partial charge in [-0.3, -0.25) is 13.9 Å². The van der Waals surface area contributed by atoms with Gasteiger partial charge in [0, 0.05) is 32.6 Å². The molecule has 3 fully saturated rings. The largest absolute Gasteiger partial charge is 0.342 e. The second kappa shape index (κ2) is 8.79. The smallest absolute Gasteiger partial charge is 0.329 e. The Morgan fingerprint density at radius 1 is 0.968 bits per heavy atom. The molecule has 3 aliphatic rings. The molecule has 168 valence electrons. The van der Waals surface area contributed by atoms with Gasteiger partial charge in [0.1, 0.15) is 0 Å². The van der Waals surface area contributed by atoms with E-state index < -0.39 is 0 Å². The summed E-state index contributed by atoms with van der Waals surface area (Å²) in [5.41, 5.74) is 3.46. The molecule has 1 amide bonds. The molecule has 5 rings (SSSR count). The van der Waals surface area contributed by atoms with E-state index in [0.717, 1.165) is 88.8 Å².